The molecule has 3 aromatic carbocycles. The van der Waals surface area contributed by atoms with Gasteiger partial charge in [0.15, 0.2) is 0 Å². The van der Waals surface area contributed by atoms with Gasteiger partial charge in [0, 0.05) is 6.54 Å². The van der Waals surface area contributed by atoms with Gasteiger partial charge < -0.3 is 9.47 Å². The summed E-state index contributed by atoms with van der Waals surface area (Å²) in [7, 11) is -3.74. The van der Waals surface area contributed by atoms with Gasteiger partial charge in [-0.25, -0.2) is 8.42 Å². The van der Waals surface area contributed by atoms with Crippen LogP contribution < -0.4 is 4.74 Å². The number of fused-ring (bicyclic) bond motifs is 1. The number of nitrogens with zero attached hydrogens (tertiary/aromatic N) is 1. The summed E-state index contributed by atoms with van der Waals surface area (Å²) in [5.74, 6) is 0.123. The molecule has 6 nitrogen and oxygen atoms in total. The molecule has 0 saturated heterocycles. The Bertz CT molecular complexity index is 1370. The predicted octanol–water partition coefficient (Wildman–Crippen LogP) is 5.94. The molecule has 0 bridgehead atoms. The fraction of sp³-hybridized carbons (Fsp3) is 0.387. The molecule has 0 radical (unpaired) electrons. The zero-order valence-corrected chi connectivity index (χ0v) is 23.5. The summed E-state index contributed by atoms with van der Waals surface area (Å²) < 4.78 is 39.9. The first kappa shape index (κ1) is 27.9. The molecule has 0 aliphatic carbocycles. The first-order chi connectivity index (χ1) is 18.2. The van der Waals surface area contributed by atoms with Crippen LogP contribution in [0.2, 0.25) is 0 Å². The summed E-state index contributed by atoms with van der Waals surface area (Å²) in [5.41, 5.74) is 5.37. The maximum absolute atomic E-state index is 13.6. The molecule has 1 aliphatic heterocycles. The lowest BCUT2D eigenvalue weighted by atomic mass is 9.87. The van der Waals surface area contributed by atoms with Crippen molar-refractivity contribution in [3.63, 3.8) is 0 Å². The van der Waals surface area contributed by atoms with E-state index in [4.69, 9.17) is 9.47 Å². The highest BCUT2D eigenvalue weighted by molar-refractivity contribution is 7.89. The fourth-order valence-corrected chi connectivity index (χ4v) is 6.51. The van der Waals surface area contributed by atoms with E-state index in [1.807, 2.05) is 26.8 Å². The number of hydrogen-bond donors (Lipinski definition) is 0. The Kier molecular flexibility index (Phi) is 8.90. The van der Waals surface area contributed by atoms with Gasteiger partial charge in [-0.2, -0.15) is 4.31 Å². The fourth-order valence-electron chi connectivity index (χ4n) is 4.90. The van der Waals surface area contributed by atoms with Crippen molar-refractivity contribution in [3.05, 3.63) is 94.5 Å². The van der Waals surface area contributed by atoms with E-state index in [0.717, 1.165) is 29.5 Å². The van der Waals surface area contributed by atoms with Crippen LogP contribution in [0.1, 0.15) is 60.4 Å². The molecule has 0 spiro atoms. The average Bonchev–Trinajstić information content (AvgIpc) is 2.97. The van der Waals surface area contributed by atoms with Gasteiger partial charge in [-0.1, -0.05) is 60.2 Å². The molecule has 1 heterocycles. The second-order valence-electron chi connectivity index (χ2n) is 10.1. The van der Waals surface area contributed by atoms with Gasteiger partial charge in [0.25, 0.3) is 0 Å². The molecule has 1 unspecified atom stereocenters. The zero-order chi connectivity index (χ0) is 27.3. The van der Waals surface area contributed by atoms with Crippen LogP contribution in [0.15, 0.2) is 71.6 Å². The summed E-state index contributed by atoms with van der Waals surface area (Å²) in [6.07, 6.45) is 1.61. The highest BCUT2D eigenvalue weighted by atomic mass is 32.2. The molecule has 0 aromatic heterocycles. The van der Waals surface area contributed by atoms with Gasteiger partial charge in [0.2, 0.25) is 10.0 Å². The van der Waals surface area contributed by atoms with Crippen LogP contribution in [-0.2, 0) is 32.5 Å². The first-order valence-corrected chi connectivity index (χ1v) is 14.7. The van der Waals surface area contributed by atoms with E-state index >= 15 is 0 Å². The van der Waals surface area contributed by atoms with Crippen molar-refractivity contribution < 1.29 is 22.7 Å². The monoisotopic (exact) mass is 535 g/mol. The van der Waals surface area contributed by atoms with E-state index < -0.39 is 10.0 Å². The highest BCUT2D eigenvalue weighted by Gasteiger charge is 2.33. The van der Waals surface area contributed by atoms with Gasteiger partial charge >= 0.3 is 5.97 Å². The molecule has 202 valence electrons. The molecule has 2 atom stereocenters. The van der Waals surface area contributed by atoms with Crippen molar-refractivity contribution in [1.82, 2.24) is 4.31 Å². The van der Waals surface area contributed by atoms with Crippen molar-refractivity contribution in [2.75, 3.05) is 13.2 Å². The number of aryl methyl sites for hydroxylation is 3. The maximum atomic E-state index is 13.6. The lowest BCUT2D eigenvalue weighted by molar-refractivity contribution is -0.143. The number of benzene rings is 3. The maximum Gasteiger partial charge on any atom is 0.306 e. The van der Waals surface area contributed by atoms with E-state index in [2.05, 4.69) is 43.3 Å². The van der Waals surface area contributed by atoms with Crippen LogP contribution in [0.3, 0.4) is 0 Å². The lowest BCUT2D eigenvalue weighted by Crippen LogP contribution is -2.35. The molecule has 0 saturated carbocycles. The van der Waals surface area contributed by atoms with E-state index in [1.165, 1.54) is 15.4 Å². The quantitative estimate of drug-likeness (QED) is 0.317. The van der Waals surface area contributed by atoms with E-state index in [1.54, 1.807) is 24.3 Å². The minimum absolute atomic E-state index is 0.0431. The van der Waals surface area contributed by atoms with Crippen molar-refractivity contribution >= 4 is 16.0 Å². The van der Waals surface area contributed by atoms with Crippen molar-refractivity contribution in [1.29, 1.82) is 0 Å². The molecule has 0 fully saturated rings. The second kappa shape index (κ2) is 12.1. The third-order valence-electron chi connectivity index (χ3n) is 7.07. The van der Waals surface area contributed by atoms with Crippen molar-refractivity contribution in [3.8, 4) is 5.75 Å². The Labute approximate surface area is 226 Å². The Morgan fingerprint density at radius 2 is 1.82 bits per heavy atom. The van der Waals surface area contributed by atoms with Crippen molar-refractivity contribution in [2.45, 2.75) is 70.4 Å². The van der Waals surface area contributed by atoms with Gasteiger partial charge in [-0.3, -0.25) is 4.79 Å². The zero-order valence-electron chi connectivity index (χ0n) is 22.6. The summed E-state index contributed by atoms with van der Waals surface area (Å²) >= 11 is 0. The van der Waals surface area contributed by atoms with Crippen LogP contribution in [0.5, 0.6) is 5.75 Å². The van der Waals surface area contributed by atoms with Crippen LogP contribution in [0, 0.1) is 13.8 Å². The van der Waals surface area contributed by atoms with E-state index in [-0.39, 0.29) is 42.4 Å². The second-order valence-corrected chi connectivity index (χ2v) is 12.0. The van der Waals surface area contributed by atoms with Gasteiger partial charge in [-0.05, 0) is 80.8 Å². The largest absolute Gasteiger partial charge is 0.488 e. The van der Waals surface area contributed by atoms with Gasteiger partial charge in [-0.15, -0.1) is 0 Å². The molecule has 3 aromatic rings. The number of para-hydroxylation sites is 1. The third kappa shape index (κ3) is 6.63. The lowest BCUT2D eigenvalue weighted by Gasteiger charge is -2.24. The summed E-state index contributed by atoms with van der Waals surface area (Å²) in [6.45, 7) is 8.58. The number of carbonyl (C=O) groups excluding carboxylic acids is 1. The minimum Gasteiger partial charge on any atom is -0.488 e. The predicted molar refractivity (Wildman–Crippen MR) is 149 cm³/mol. The molecular formula is C31H37NO5S. The third-order valence-corrected chi connectivity index (χ3v) is 8.92. The molecule has 1 aliphatic rings. The molecule has 4 rings (SSSR count). The summed E-state index contributed by atoms with van der Waals surface area (Å²) in [5, 5.41) is 0. The highest BCUT2D eigenvalue weighted by Crippen LogP contribution is 2.33. The summed E-state index contributed by atoms with van der Waals surface area (Å²) in [4.78, 5) is 12.7. The molecule has 0 N–H and O–H groups in total. The molecule has 0 amide bonds. The first-order valence-electron chi connectivity index (χ1n) is 13.2. The normalized spacial score (nSPS) is 17.6. The van der Waals surface area contributed by atoms with Crippen molar-refractivity contribution in [2.24, 2.45) is 0 Å². The standard InChI is InChI=1S/C31H37NO5S/c1-5-36-31(33)19-27(17-15-25-13-10-22(2)11-14-25)26-16-12-23(3)28(18-26)21-32-20-24(4)37-29-8-6-7-9-30(29)38(32,34)35/h6-14,16,18,24,27H,5,15,17,19-21H2,1-4H3/t24-,27?/m1/s1. The Morgan fingerprint density at radius 1 is 1.08 bits per heavy atom. The molecule has 38 heavy (non-hydrogen) atoms. The smallest absolute Gasteiger partial charge is 0.306 e. The van der Waals surface area contributed by atoms with Gasteiger partial charge in [0.05, 0.1) is 19.6 Å². The van der Waals surface area contributed by atoms with Crippen LogP contribution in [0.4, 0.5) is 0 Å². The Balaban J connectivity index is 1.62. The number of hydrogen-bond acceptors (Lipinski definition) is 5. The Morgan fingerprint density at radius 3 is 2.55 bits per heavy atom. The number of ether oxygens (including phenoxy) is 2. The van der Waals surface area contributed by atoms with E-state index in [9.17, 15) is 13.2 Å². The topological polar surface area (TPSA) is 72.9 Å². The average molecular weight is 536 g/mol. The number of carbonyl (C=O) groups is 1. The SMILES string of the molecule is CCOC(=O)CC(CCc1ccc(C)cc1)c1ccc(C)c(CN2C[C@@H](C)Oc3ccccc3S2(=O)=O)c1. The minimum atomic E-state index is -3.74. The summed E-state index contributed by atoms with van der Waals surface area (Å²) in [6, 6.07) is 21.4. The van der Waals surface area contributed by atoms with Gasteiger partial charge in [0.1, 0.15) is 16.7 Å². The molecule has 7 heteroatoms. The molecular weight excluding hydrogens is 498 g/mol. The van der Waals surface area contributed by atoms with Crippen LogP contribution in [0.25, 0.3) is 0 Å². The van der Waals surface area contributed by atoms with Crippen LogP contribution >= 0.6 is 0 Å². The Hall–Kier alpha value is -3.16. The number of rotatable bonds is 9. The number of sulfonamides is 1. The number of esters is 1. The van der Waals surface area contributed by atoms with E-state index in [0.29, 0.717) is 12.4 Å². The van der Waals surface area contributed by atoms with Crippen LogP contribution in [-0.4, -0.2) is 37.9 Å².